The van der Waals surface area contributed by atoms with E-state index in [0.29, 0.717) is 28.8 Å². The van der Waals surface area contributed by atoms with Crippen molar-refractivity contribution >= 4 is 21.9 Å². The van der Waals surface area contributed by atoms with Gasteiger partial charge in [-0.15, -0.1) is 0 Å². The zero-order valence-electron chi connectivity index (χ0n) is 8.16. The van der Waals surface area contributed by atoms with Crippen LogP contribution in [0.15, 0.2) is 12.3 Å². The minimum atomic E-state index is -0.448. The molecule has 0 aromatic carbocycles. The fourth-order valence-corrected chi connectivity index (χ4v) is 1.49. The molecule has 1 rings (SSSR count). The molecule has 0 spiro atoms. The molecule has 15 heavy (non-hydrogen) atoms. The van der Waals surface area contributed by atoms with E-state index < -0.39 is 5.97 Å². The lowest BCUT2D eigenvalue weighted by Crippen LogP contribution is -2.09. The summed E-state index contributed by atoms with van der Waals surface area (Å²) >= 11 is 3.22. The third-order valence-electron chi connectivity index (χ3n) is 1.72. The Hall–Kier alpha value is -1.41. The minimum Gasteiger partial charge on any atom is -0.462 e. The summed E-state index contributed by atoms with van der Waals surface area (Å²) in [5, 5.41) is 9.13. The second-order valence-electron chi connectivity index (χ2n) is 2.68. The van der Waals surface area contributed by atoms with Crippen molar-refractivity contribution in [1.29, 1.82) is 5.26 Å². The molecule has 4 nitrogen and oxygen atoms in total. The number of rotatable bonds is 3. The van der Waals surface area contributed by atoms with Crippen LogP contribution in [-0.2, 0) is 10.1 Å². The van der Waals surface area contributed by atoms with Crippen molar-refractivity contribution in [3.63, 3.8) is 0 Å². The van der Waals surface area contributed by atoms with Crippen LogP contribution in [0.3, 0.4) is 0 Å². The number of carbonyl (C=O) groups excluding carboxylic acids is 1. The molecule has 0 bridgehead atoms. The zero-order chi connectivity index (χ0) is 11.3. The molecule has 0 fully saturated rings. The maximum atomic E-state index is 11.5. The first-order chi connectivity index (χ1) is 7.22. The van der Waals surface area contributed by atoms with Crippen LogP contribution in [0.4, 0.5) is 0 Å². The quantitative estimate of drug-likeness (QED) is 0.622. The first-order valence-corrected chi connectivity index (χ1v) is 5.47. The molecule has 78 valence electrons. The molecular weight excluding hydrogens is 260 g/mol. The number of esters is 1. The van der Waals surface area contributed by atoms with Gasteiger partial charge in [-0.25, -0.2) is 4.79 Å². The average Bonchev–Trinajstić information content (AvgIpc) is 2.28. The zero-order valence-corrected chi connectivity index (χ0v) is 9.74. The molecule has 0 saturated carbocycles. The predicted octanol–water partition coefficient (Wildman–Crippen LogP) is 2.02. The summed E-state index contributed by atoms with van der Waals surface area (Å²) in [6.45, 7) is 2.03. The van der Waals surface area contributed by atoms with Crippen LogP contribution in [0.2, 0.25) is 0 Å². The largest absolute Gasteiger partial charge is 0.462 e. The van der Waals surface area contributed by atoms with E-state index in [2.05, 4.69) is 20.9 Å². The molecule has 0 N–H and O–H groups in total. The number of pyridine rings is 1. The fraction of sp³-hybridized carbons (Fsp3) is 0.300. The normalized spacial score (nSPS) is 9.40. The number of halogens is 1. The van der Waals surface area contributed by atoms with Crippen LogP contribution in [0.1, 0.15) is 28.5 Å². The van der Waals surface area contributed by atoms with Crippen LogP contribution in [0.5, 0.6) is 0 Å². The topological polar surface area (TPSA) is 63.0 Å². The van der Waals surface area contributed by atoms with Gasteiger partial charge in [-0.3, -0.25) is 4.98 Å². The van der Waals surface area contributed by atoms with Gasteiger partial charge in [-0.2, -0.15) is 5.26 Å². The van der Waals surface area contributed by atoms with Crippen molar-refractivity contribution in [1.82, 2.24) is 4.98 Å². The Morgan fingerprint density at radius 3 is 3.00 bits per heavy atom. The highest BCUT2D eigenvalue weighted by molar-refractivity contribution is 9.08. The van der Waals surface area contributed by atoms with Crippen molar-refractivity contribution in [2.24, 2.45) is 0 Å². The van der Waals surface area contributed by atoms with E-state index in [1.54, 1.807) is 6.92 Å². The Kier molecular flexibility index (Phi) is 4.25. The van der Waals surface area contributed by atoms with Gasteiger partial charge >= 0.3 is 5.97 Å². The van der Waals surface area contributed by atoms with E-state index in [1.165, 1.54) is 12.3 Å². The molecule has 1 aromatic rings. The summed E-state index contributed by atoms with van der Waals surface area (Å²) < 4.78 is 4.86. The van der Waals surface area contributed by atoms with Gasteiger partial charge in [0.15, 0.2) is 0 Å². The Morgan fingerprint density at radius 1 is 1.73 bits per heavy atom. The summed E-state index contributed by atoms with van der Waals surface area (Å²) in [5.74, 6) is -0.448. The number of aromatic nitrogens is 1. The Balaban J connectivity index is 3.12. The number of alkyl halides is 1. The van der Waals surface area contributed by atoms with Gasteiger partial charge < -0.3 is 4.74 Å². The van der Waals surface area contributed by atoms with E-state index in [-0.39, 0.29) is 0 Å². The fourth-order valence-electron chi connectivity index (χ4n) is 1.05. The van der Waals surface area contributed by atoms with Crippen molar-refractivity contribution in [3.05, 3.63) is 29.1 Å². The third kappa shape index (κ3) is 2.77. The van der Waals surface area contributed by atoms with E-state index >= 15 is 0 Å². The number of ether oxygens (including phenoxy) is 1. The van der Waals surface area contributed by atoms with E-state index in [1.807, 2.05) is 6.07 Å². The van der Waals surface area contributed by atoms with Crippen molar-refractivity contribution in [3.8, 4) is 6.07 Å². The molecule has 1 aromatic heterocycles. The van der Waals surface area contributed by atoms with Gasteiger partial charge in [0, 0.05) is 11.5 Å². The number of hydrogen-bond donors (Lipinski definition) is 0. The first kappa shape index (κ1) is 11.7. The first-order valence-electron chi connectivity index (χ1n) is 4.35. The van der Waals surface area contributed by atoms with Crippen molar-refractivity contribution in [2.45, 2.75) is 12.3 Å². The molecule has 0 aliphatic heterocycles. The standard InChI is InChI=1S/C10H9BrN2O2/c1-2-15-10(14)8-3-7(5-12)6-13-9(8)4-11/h3,6H,2,4H2,1H3. The lowest BCUT2D eigenvalue weighted by atomic mass is 10.1. The van der Waals surface area contributed by atoms with Crippen LogP contribution in [0.25, 0.3) is 0 Å². The number of nitrogens with zero attached hydrogens (tertiary/aromatic N) is 2. The smallest absolute Gasteiger partial charge is 0.340 e. The maximum Gasteiger partial charge on any atom is 0.340 e. The molecule has 5 heteroatoms. The highest BCUT2D eigenvalue weighted by atomic mass is 79.9. The molecule has 0 aliphatic rings. The number of nitriles is 1. The van der Waals surface area contributed by atoms with E-state index in [0.717, 1.165) is 0 Å². The summed E-state index contributed by atoms with van der Waals surface area (Å²) in [6, 6.07) is 3.42. The summed E-state index contributed by atoms with van der Waals surface area (Å²) in [4.78, 5) is 15.5. The van der Waals surface area contributed by atoms with Crippen molar-refractivity contribution in [2.75, 3.05) is 6.61 Å². The van der Waals surface area contributed by atoms with Gasteiger partial charge in [0.05, 0.1) is 23.4 Å². The average molecular weight is 269 g/mol. The van der Waals surface area contributed by atoms with Crippen LogP contribution >= 0.6 is 15.9 Å². The second-order valence-corrected chi connectivity index (χ2v) is 3.24. The monoisotopic (exact) mass is 268 g/mol. The van der Waals surface area contributed by atoms with Crippen LogP contribution < -0.4 is 0 Å². The molecule has 1 heterocycles. The highest BCUT2D eigenvalue weighted by Crippen LogP contribution is 2.13. The predicted molar refractivity (Wildman–Crippen MR) is 57.5 cm³/mol. The second kappa shape index (κ2) is 5.47. The van der Waals surface area contributed by atoms with Gasteiger partial charge in [0.2, 0.25) is 0 Å². The van der Waals surface area contributed by atoms with Gasteiger partial charge in [0.1, 0.15) is 6.07 Å². The van der Waals surface area contributed by atoms with Gasteiger partial charge in [-0.05, 0) is 13.0 Å². The maximum absolute atomic E-state index is 11.5. The van der Waals surface area contributed by atoms with Crippen molar-refractivity contribution < 1.29 is 9.53 Å². The molecule has 0 aliphatic carbocycles. The van der Waals surface area contributed by atoms with Crippen LogP contribution in [0, 0.1) is 11.3 Å². The Morgan fingerprint density at radius 2 is 2.47 bits per heavy atom. The Bertz CT molecular complexity index is 412. The minimum absolute atomic E-state index is 0.303. The van der Waals surface area contributed by atoms with Gasteiger partial charge in [-0.1, -0.05) is 15.9 Å². The lowest BCUT2D eigenvalue weighted by molar-refractivity contribution is 0.0525. The third-order valence-corrected chi connectivity index (χ3v) is 2.25. The van der Waals surface area contributed by atoms with E-state index in [9.17, 15) is 4.79 Å². The summed E-state index contributed by atoms with van der Waals surface area (Å²) in [6.07, 6.45) is 1.43. The summed E-state index contributed by atoms with van der Waals surface area (Å²) in [5.41, 5.74) is 1.27. The molecule has 0 saturated heterocycles. The van der Waals surface area contributed by atoms with Gasteiger partial charge in [0.25, 0.3) is 0 Å². The molecule has 0 radical (unpaired) electrons. The molecular formula is C10H9BrN2O2. The molecule has 0 amide bonds. The molecule has 0 atom stereocenters. The lowest BCUT2D eigenvalue weighted by Gasteiger charge is -2.05. The van der Waals surface area contributed by atoms with E-state index in [4.69, 9.17) is 10.00 Å². The molecule has 0 unspecified atom stereocenters. The SMILES string of the molecule is CCOC(=O)c1cc(C#N)cnc1CBr. The van der Waals surface area contributed by atoms with Crippen LogP contribution in [-0.4, -0.2) is 17.6 Å². The highest BCUT2D eigenvalue weighted by Gasteiger charge is 2.13. The summed E-state index contributed by atoms with van der Waals surface area (Å²) in [7, 11) is 0. The number of hydrogen-bond acceptors (Lipinski definition) is 4. The number of carbonyl (C=O) groups is 1. The Labute approximate surface area is 96.0 Å².